The number of rotatable bonds is 5. The Kier molecular flexibility index (Phi) is 5.84. The van der Waals surface area contributed by atoms with Gasteiger partial charge < -0.3 is 9.88 Å². The van der Waals surface area contributed by atoms with Crippen LogP contribution in [0.25, 0.3) is 5.69 Å². The Morgan fingerprint density at radius 1 is 1.28 bits per heavy atom. The van der Waals surface area contributed by atoms with E-state index in [1.165, 1.54) is 18.4 Å². The van der Waals surface area contributed by atoms with E-state index in [1.807, 2.05) is 19.9 Å². The van der Waals surface area contributed by atoms with Crippen molar-refractivity contribution in [3.63, 3.8) is 0 Å². The molecule has 0 atom stereocenters. The van der Waals surface area contributed by atoms with Gasteiger partial charge in [0.05, 0.1) is 11.9 Å². The van der Waals surface area contributed by atoms with Gasteiger partial charge in [0.2, 0.25) is 0 Å². The quantitative estimate of drug-likeness (QED) is 0.377. The van der Waals surface area contributed by atoms with Gasteiger partial charge in [-0.25, -0.2) is 9.82 Å². The van der Waals surface area contributed by atoms with E-state index in [2.05, 4.69) is 22.4 Å². The number of aromatic nitrogens is 1. The lowest BCUT2D eigenvalue weighted by atomic mass is 10.2. The molecule has 7 heteroatoms. The Morgan fingerprint density at radius 3 is 2.68 bits per heavy atom. The van der Waals surface area contributed by atoms with Crippen molar-refractivity contribution in [2.24, 2.45) is 5.10 Å². The zero-order chi connectivity index (χ0) is 18.4. The second kappa shape index (κ2) is 8.05. The first-order valence-electron chi connectivity index (χ1n) is 7.61. The zero-order valence-corrected chi connectivity index (χ0v) is 14.0. The van der Waals surface area contributed by atoms with E-state index in [0.29, 0.717) is 11.3 Å². The number of carbonyl (C=O) groups excluding carboxylic acids is 2. The Hall–Kier alpha value is -3.22. The van der Waals surface area contributed by atoms with Crippen LogP contribution in [0.3, 0.4) is 0 Å². The normalized spacial score (nSPS) is 10.7. The van der Waals surface area contributed by atoms with Crippen LogP contribution in [0.15, 0.2) is 48.1 Å². The van der Waals surface area contributed by atoms with Crippen LogP contribution in [-0.4, -0.2) is 29.1 Å². The van der Waals surface area contributed by atoms with Gasteiger partial charge in [0, 0.05) is 23.5 Å². The van der Waals surface area contributed by atoms with Crippen molar-refractivity contribution in [1.82, 2.24) is 15.3 Å². The van der Waals surface area contributed by atoms with Crippen molar-refractivity contribution >= 4 is 18.0 Å². The van der Waals surface area contributed by atoms with Crippen LogP contribution in [0.1, 0.15) is 17.0 Å². The minimum absolute atomic E-state index is 0.194. The molecule has 1 heterocycles. The maximum Gasteiger partial charge on any atom is 0.329 e. The van der Waals surface area contributed by atoms with Crippen molar-refractivity contribution in [2.75, 3.05) is 6.54 Å². The molecule has 2 aromatic rings. The summed E-state index contributed by atoms with van der Waals surface area (Å²) in [6.45, 7) is 7.30. The molecule has 2 rings (SSSR count). The van der Waals surface area contributed by atoms with Crippen molar-refractivity contribution in [2.45, 2.75) is 13.8 Å². The molecule has 6 nitrogen and oxygen atoms in total. The van der Waals surface area contributed by atoms with Crippen LogP contribution in [-0.2, 0) is 9.59 Å². The van der Waals surface area contributed by atoms with E-state index >= 15 is 0 Å². The first-order valence-corrected chi connectivity index (χ1v) is 7.61. The minimum Gasteiger partial charge on any atom is -0.344 e. The van der Waals surface area contributed by atoms with Crippen molar-refractivity contribution < 1.29 is 14.0 Å². The molecular formula is C18H19FN4O2. The molecule has 1 aromatic carbocycles. The first-order chi connectivity index (χ1) is 12.0. The smallest absolute Gasteiger partial charge is 0.329 e. The fraction of sp³-hybridized carbons (Fsp3) is 0.167. The Labute approximate surface area is 145 Å². The SMILES string of the molecule is C=CCNC(=O)C(=O)N/N=C\c1cc(C)n(-c2ccccc2F)c1C. The Bertz CT molecular complexity index is 840. The van der Waals surface area contributed by atoms with Crippen LogP contribution in [0.4, 0.5) is 4.39 Å². The van der Waals surface area contributed by atoms with E-state index < -0.39 is 11.8 Å². The highest BCUT2D eigenvalue weighted by Gasteiger charge is 2.13. The van der Waals surface area contributed by atoms with Gasteiger partial charge in [-0.05, 0) is 32.0 Å². The molecule has 0 saturated carbocycles. The average Bonchev–Trinajstić information content (AvgIpc) is 2.87. The molecule has 0 unspecified atom stereocenters. The Morgan fingerprint density at radius 2 is 2.00 bits per heavy atom. The molecule has 0 saturated heterocycles. The highest BCUT2D eigenvalue weighted by Crippen LogP contribution is 2.21. The number of amides is 2. The summed E-state index contributed by atoms with van der Waals surface area (Å²) < 4.78 is 15.8. The summed E-state index contributed by atoms with van der Waals surface area (Å²) in [7, 11) is 0. The van der Waals surface area contributed by atoms with Crippen LogP contribution in [0, 0.1) is 19.7 Å². The maximum absolute atomic E-state index is 14.0. The van der Waals surface area contributed by atoms with Crippen molar-refractivity contribution in [3.8, 4) is 5.69 Å². The topological polar surface area (TPSA) is 75.5 Å². The standard InChI is InChI=1S/C18H19FN4O2/c1-4-9-20-17(24)18(25)22-21-11-14-10-12(2)23(13(14)3)16-8-6-5-7-15(16)19/h4-8,10-11H,1,9H2,2-3H3,(H,20,24)(H,22,25)/b21-11-. The molecule has 0 aliphatic carbocycles. The largest absolute Gasteiger partial charge is 0.344 e. The summed E-state index contributed by atoms with van der Waals surface area (Å²) in [6.07, 6.45) is 2.88. The summed E-state index contributed by atoms with van der Waals surface area (Å²) in [5.41, 5.74) is 4.86. The molecule has 0 bridgehead atoms. The lowest BCUT2D eigenvalue weighted by Crippen LogP contribution is -2.37. The molecule has 2 N–H and O–H groups in total. The monoisotopic (exact) mass is 342 g/mol. The average molecular weight is 342 g/mol. The molecule has 0 spiro atoms. The van der Waals surface area contributed by atoms with Gasteiger partial charge in [0.15, 0.2) is 0 Å². The lowest BCUT2D eigenvalue weighted by molar-refractivity contribution is -0.139. The minimum atomic E-state index is -0.874. The predicted molar refractivity (Wildman–Crippen MR) is 94.1 cm³/mol. The summed E-state index contributed by atoms with van der Waals surface area (Å²) >= 11 is 0. The fourth-order valence-corrected chi connectivity index (χ4v) is 2.38. The Balaban J connectivity index is 2.15. The molecule has 2 amide bonds. The number of hydrazone groups is 1. The summed E-state index contributed by atoms with van der Waals surface area (Å²) in [4.78, 5) is 22.9. The van der Waals surface area contributed by atoms with Crippen LogP contribution < -0.4 is 10.7 Å². The third-order valence-electron chi connectivity index (χ3n) is 3.55. The van der Waals surface area contributed by atoms with Crippen molar-refractivity contribution in [1.29, 1.82) is 0 Å². The number of halogens is 1. The van der Waals surface area contributed by atoms with Gasteiger partial charge in [-0.3, -0.25) is 9.59 Å². The molecular weight excluding hydrogens is 323 g/mol. The molecule has 130 valence electrons. The number of aryl methyl sites for hydroxylation is 1. The van der Waals surface area contributed by atoms with Crippen LogP contribution in [0.2, 0.25) is 0 Å². The molecule has 0 aliphatic heterocycles. The fourth-order valence-electron chi connectivity index (χ4n) is 2.38. The maximum atomic E-state index is 14.0. The van der Waals surface area contributed by atoms with Crippen LogP contribution in [0.5, 0.6) is 0 Å². The highest BCUT2D eigenvalue weighted by atomic mass is 19.1. The number of hydrogen-bond acceptors (Lipinski definition) is 3. The second-order valence-electron chi connectivity index (χ2n) is 5.31. The second-order valence-corrected chi connectivity index (χ2v) is 5.31. The first kappa shape index (κ1) is 18.1. The number of nitrogens with zero attached hydrogens (tertiary/aromatic N) is 2. The number of hydrogen-bond donors (Lipinski definition) is 2. The highest BCUT2D eigenvalue weighted by molar-refractivity contribution is 6.35. The number of carbonyl (C=O) groups is 2. The molecule has 1 aromatic heterocycles. The van der Waals surface area contributed by atoms with E-state index in [0.717, 1.165) is 11.4 Å². The summed E-state index contributed by atoms with van der Waals surface area (Å²) in [6, 6.07) is 8.27. The summed E-state index contributed by atoms with van der Waals surface area (Å²) in [5.74, 6) is -2.00. The van der Waals surface area contributed by atoms with E-state index in [9.17, 15) is 14.0 Å². The molecule has 0 aliphatic rings. The van der Waals surface area contributed by atoms with Gasteiger partial charge >= 0.3 is 11.8 Å². The predicted octanol–water partition coefficient (Wildman–Crippen LogP) is 1.99. The van der Waals surface area contributed by atoms with Gasteiger partial charge in [-0.15, -0.1) is 6.58 Å². The third kappa shape index (κ3) is 4.20. The molecule has 0 radical (unpaired) electrons. The van der Waals surface area contributed by atoms with Gasteiger partial charge in [0.1, 0.15) is 5.82 Å². The van der Waals surface area contributed by atoms with Crippen LogP contribution >= 0.6 is 0 Å². The van der Waals surface area contributed by atoms with E-state index in [4.69, 9.17) is 0 Å². The zero-order valence-electron chi connectivity index (χ0n) is 14.0. The van der Waals surface area contributed by atoms with Gasteiger partial charge in [0.25, 0.3) is 0 Å². The van der Waals surface area contributed by atoms with Crippen molar-refractivity contribution in [3.05, 3.63) is 65.8 Å². The van der Waals surface area contributed by atoms with E-state index in [-0.39, 0.29) is 12.4 Å². The number of para-hydroxylation sites is 1. The number of nitrogens with one attached hydrogen (secondary N) is 2. The molecule has 0 fully saturated rings. The van der Waals surface area contributed by atoms with Gasteiger partial charge in [-0.2, -0.15) is 5.10 Å². The molecule has 25 heavy (non-hydrogen) atoms. The van der Waals surface area contributed by atoms with E-state index in [1.54, 1.807) is 22.8 Å². The number of benzene rings is 1. The van der Waals surface area contributed by atoms with Gasteiger partial charge in [-0.1, -0.05) is 18.2 Å². The summed E-state index contributed by atoms with van der Waals surface area (Å²) in [5, 5.41) is 6.13. The third-order valence-corrected chi connectivity index (χ3v) is 3.55. The lowest BCUT2D eigenvalue weighted by Gasteiger charge is -2.10.